The lowest BCUT2D eigenvalue weighted by atomic mass is 10.1. The third kappa shape index (κ3) is 7.03. The lowest BCUT2D eigenvalue weighted by Crippen LogP contribution is -2.34. The number of benzene rings is 1. The van der Waals surface area contributed by atoms with Crippen molar-refractivity contribution in [2.24, 2.45) is 0 Å². The number of H-pyrrole nitrogens is 1. The van der Waals surface area contributed by atoms with E-state index in [4.69, 9.17) is 39.3 Å². The summed E-state index contributed by atoms with van der Waals surface area (Å²) in [4.78, 5) is 32.1. The second-order valence-corrected chi connectivity index (χ2v) is 8.74. The van der Waals surface area contributed by atoms with Crippen LogP contribution in [0.2, 0.25) is 0 Å². The zero-order chi connectivity index (χ0) is 27.2. The van der Waals surface area contributed by atoms with E-state index in [0.29, 0.717) is 35.3 Å². The number of rotatable bonds is 9. The highest BCUT2D eigenvalue weighted by molar-refractivity contribution is 7.46. The summed E-state index contributed by atoms with van der Waals surface area (Å²) < 4.78 is 35.0. The molecule has 3 aromatic rings. The van der Waals surface area contributed by atoms with E-state index in [1.807, 2.05) is 12.1 Å². The largest absolute Gasteiger partial charge is 0.493 e. The molecule has 2 aromatic heterocycles. The maximum Gasteiger partial charge on any atom is 0.469 e. The average Bonchev–Trinajstić information content (AvgIpc) is 3.46. The fraction of sp³-hybridized carbons (Fsp3) is 0.450. The van der Waals surface area contributed by atoms with Crippen LogP contribution in [0.15, 0.2) is 24.8 Å². The maximum atomic E-state index is 10.3. The van der Waals surface area contributed by atoms with Gasteiger partial charge in [-0.15, -0.1) is 0 Å². The van der Waals surface area contributed by atoms with E-state index in [9.17, 15) is 4.57 Å². The van der Waals surface area contributed by atoms with Crippen LogP contribution in [0.3, 0.4) is 0 Å². The Bertz CT molecular complexity index is 1220. The second kappa shape index (κ2) is 12.4. The van der Waals surface area contributed by atoms with Crippen molar-refractivity contribution in [2.45, 2.75) is 31.1 Å². The van der Waals surface area contributed by atoms with Crippen LogP contribution in [0.5, 0.6) is 17.2 Å². The molecule has 37 heavy (non-hydrogen) atoms. The molecule has 1 aliphatic heterocycles. The molecule has 4 rings (SSSR count). The van der Waals surface area contributed by atoms with E-state index in [2.05, 4.69) is 34.5 Å². The number of nitrogens with zero attached hydrogens (tertiary/aromatic N) is 3. The number of hydrogen-bond acceptors (Lipinski definition) is 13. The molecule has 204 valence electrons. The highest BCUT2D eigenvalue weighted by Gasteiger charge is 2.42. The first kappa shape index (κ1) is 28.5. The molecular formula is C20H28N5O11P. The SMILES string of the molecule is COc1ccc(CNc2ncnc3nc[nH]c23)c(OC)c1OC.O=P(O)(O)OC[C@H]1OC(O)[C@H](O)[C@@H]1O. The van der Waals surface area contributed by atoms with Crippen molar-refractivity contribution in [1.82, 2.24) is 19.9 Å². The van der Waals surface area contributed by atoms with Gasteiger partial charge in [0.1, 0.15) is 30.2 Å². The molecule has 0 amide bonds. The van der Waals surface area contributed by atoms with E-state index in [1.165, 1.54) is 6.33 Å². The first-order chi connectivity index (χ1) is 17.6. The number of imidazole rings is 1. The molecule has 0 saturated carbocycles. The highest BCUT2D eigenvalue weighted by atomic mass is 31.2. The molecule has 0 spiro atoms. The van der Waals surface area contributed by atoms with Crippen LogP contribution in [0.25, 0.3) is 11.2 Å². The molecule has 3 heterocycles. The molecule has 1 aromatic carbocycles. The van der Waals surface area contributed by atoms with Gasteiger partial charge in [0.25, 0.3) is 0 Å². The molecule has 17 heteroatoms. The fourth-order valence-corrected chi connectivity index (χ4v) is 3.76. The van der Waals surface area contributed by atoms with Crippen molar-refractivity contribution >= 4 is 24.8 Å². The minimum atomic E-state index is -4.64. The van der Waals surface area contributed by atoms with Crippen molar-refractivity contribution < 1.29 is 53.1 Å². The number of aliphatic hydroxyl groups excluding tert-OH is 3. The van der Waals surface area contributed by atoms with Gasteiger partial charge >= 0.3 is 7.82 Å². The van der Waals surface area contributed by atoms with Gasteiger partial charge in [0, 0.05) is 12.1 Å². The molecule has 7 N–H and O–H groups in total. The standard InChI is InChI=1S/C15H17N5O3.C5H11O8P/c1-21-10-5-4-9(12(22-2)13(10)23-3)6-16-14-11-15(18-7-17-11)20-8-19-14;6-3-2(1-12-14(9,10)11)13-5(8)4(3)7/h4-5,7-8H,6H2,1-3H3,(H2,16,17,18,19,20);2-8H,1H2,(H2,9,10,11)/t;2-,3-,4-,5?/m.1/s1. The summed E-state index contributed by atoms with van der Waals surface area (Å²) in [6.45, 7) is -0.117. The van der Waals surface area contributed by atoms with Gasteiger partial charge in [0.2, 0.25) is 5.75 Å². The van der Waals surface area contributed by atoms with Crippen molar-refractivity contribution in [3.05, 3.63) is 30.4 Å². The summed E-state index contributed by atoms with van der Waals surface area (Å²) in [6.07, 6.45) is -2.61. The first-order valence-electron chi connectivity index (χ1n) is 10.6. The monoisotopic (exact) mass is 545 g/mol. The van der Waals surface area contributed by atoms with Crippen molar-refractivity contribution in [3.8, 4) is 17.2 Å². The summed E-state index contributed by atoms with van der Waals surface area (Å²) in [5, 5.41) is 30.3. The van der Waals surface area contributed by atoms with Gasteiger partial charge in [-0.1, -0.05) is 0 Å². The number of methoxy groups -OCH3 is 3. The molecule has 1 unspecified atom stereocenters. The van der Waals surface area contributed by atoms with Crippen molar-refractivity contribution in [2.75, 3.05) is 33.3 Å². The number of aromatic nitrogens is 4. The second-order valence-electron chi connectivity index (χ2n) is 7.50. The van der Waals surface area contributed by atoms with Gasteiger partial charge < -0.3 is 54.4 Å². The van der Waals surface area contributed by atoms with E-state index in [0.717, 1.165) is 11.1 Å². The lowest BCUT2D eigenvalue weighted by Gasteiger charge is -2.16. The quantitative estimate of drug-likeness (QED) is 0.168. The van der Waals surface area contributed by atoms with Gasteiger partial charge in [0.15, 0.2) is 29.3 Å². The number of aliphatic hydroxyl groups is 3. The smallest absolute Gasteiger partial charge is 0.469 e. The lowest BCUT2D eigenvalue weighted by molar-refractivity contribution is -0.132. The Morgan fingerprint density at radius 3 is 2.35 bits per heavy atom. The van der Waals surface area contributed by atoms with Gasteiger partial charge in [0.05, 0.1) is 34.3 Å². The average molecular weight is 545 g/mol. The topological polar surface area (TPSA) is 231 Å². The van der Waals surface area contributed by atoms with E-state index >= 15 is 0 Å². The first-order valence-corrected chi connectivity index (χ1v) is 12.2. The molecule has 16 nitrogen and oxygen atoms in total. The van der Waals surface area contributed by atoms with Gasteiger partial charge in [-0.25, -0.2) is 19.5 Å². The number of fused-ring (bicyclic) bond motifs is 1. The third-order valence-electron chi connectivity index (χ3n) is 5.20. The number of anilines is 1. The van der Waals surface area contributed by atoms with Crippen LogP contribution in [0.1, 0.15) is 5.56 Å². The van der Waals surface area contributed by atoms with Crippen LogP contribution >= 0.6 is 7.82 Å². The predicted octanol–water partition coefficient (Wildman–Crippen LogP) is -0.475. The normalized spacial score (nSPS) is 21.3. The summed E-state index contributed by atoms with van der Waals surface area (Å²) in [5.41, 5.74) is 2.28. The van der Waals surface area contributed by atoms with E-state index in [-0.39, 0.29) is 0 Å². The highest BCUT2D eigenvalue weighted by Crippen LogP contribution is 2.40. The Labute approximate surface area is 210 Å². The van der Waals surface area contributed by atoms with Crippen LogP contribution < -0.4 is 19.5 Å². The number of phosphoric ester groups is 1. The Hall–Kier alpha value is -3.08. The zero-order valence-electron chi connectivity index (χ0n) is 20.0. The molecular weight excluding hydrogens is 517 g/mol. The Morgan fingerprint density at radius 2 is 1.76 bits per heavy atom. The molecule has 0 radical (unpaired) electrons. The summed E-state index contributed by atoms with van der Waals surface area (Å²) >= 11 is 0. The Kier molecular flexibility index (Phi) is 9.58. The van der Waals surface area contributed by atoms with Gasteiger partial charge in [-0.2, -0.15) is 0 Å². The van der Waals surface area contributed by atoms with Crippen LogP contribution in [0.4, 0.5) is 5.82 Å². The van der Waals surface area contributed by atoms with Crippen molar-refractivity contribution in [1.29, 1.82) is 0 Å². The number of ether oxygens (including phenoxy) is 4. The third-order valence-corrected chi connectivity index (χ3v) is 5.68. The zero-order valence-corrected chi connectivity index (χ0v) is 20.9. The minimum absolute atomic E-state index is 0.495. The number of aromatic amines is 1. The molecule has 1 saturated heterocycles. The molecule has 1 fully saturated rings. The van der Waals surface area contributed by atoms with Crippen LogP contribution in [-0.4, -0.2) is 97.6 Å². The summed E-state index contributed by atoms with van der Waals surface area (Å²) in [6, 6.07) is 3.75. The molecule has 0 bridgehead atoms. The van der Waals surface area contributed by atoms with Crippen LogP contribution in [0, 0.1) is 0 Å². The van der Waals surface area contributed by atoms with Crippen LogP contribution in [-0.2, 0) is 20.4 Å². The van der Waals surface area contributed by atoms with Gasteiger partial charge in [-0.05, 0) is 12.1 Å². The predicted molar refractivity (Wildman–Crippen MR) is 126 cm³/mol. The van der Waals surface area contributed by atoms with Gasteiger partial charge in [-0.3, -0.25) is 4.52 Å². The molecule has 4 atom stereocenters. The Balaban J connectivity index is 0.000000233. The molecule has 0 aliphatic carbocycles. The summed E-state index contributed by atoms with van der Waals surface area (Å²) in [5.74, 6) is 2.47. The fourth-order valence-electron chi connectivity index (χ4n) is 3.42. The molecule has 1 aliphatic rings. The Morgan fingerprint density at radius 1 is 1.03 bits per heavy atom. The van der Waals surface area contributed by atoms with E-state index < -0.39 is 39.0 Å². The number of nitrogens with one attached hydrogen (secondary N) is 2. The number of hydrogen-bond donors (Lipinski definition) is 7. The van der Waals surface area contributed by atoms with E-state index in [1.54, 1.807) is 27.7 Å². The number of phosphoric acid groups is 1. The van der Waals surface area contributed by atoms with Crippen molar-refractivity contribution in [3.63, 3.8) is 0 Å². The maximum absolute atomic E-state index is 10.3. The summed E-state index contributed by atoms with van der Waals surface area (Å²) in [7, 11) is 0.125. The minimum Gasteiger partial charge on any atom is -0.493 e.